The van der Waals surface area contributed by atoms with Crippen molar-refractivity contribution in [3.8, 4) is 5.88 Å². The first kappa shape index (κ1) is 12.4. The molecule has 2 N–H and O–H groups in total. The molecule has 0 aromatic carbocycles. The number of nitrogens with zero attached hydrogens (tertiary/aromatic N) is 1. The van der Waals surface area contributed by atoms with Gasteiger partial charge < -0.3 is 9.84 Å². The highest BCUT2D eigenvalue weighted by molar-refractivity contribution is 5.77. The maximum absolute atomic E-state index is 10.9. The van der Waals surface area contributed by atoms with Crippen molar-refractivity contribution >= 4 is 5.97 Å². The zero-order chi connectivity index (χ0) is 12.2. The summed E-state index contributed by atoms with van der Waals surface area (Å²) in [5, 5.41) is 11.9. The van der Waals surface area contributed by atoms with Crippen LogP contribution in [0, 0.1) is 0 Å². The molecule has 1 heterocycles. The number of pyridine rings is 1. The van der Waals surface area contributed by atoms with Gasteiger partial charge in [-0.05, 0) is 25.5 Å². The highest BCUT2D eigenvalue weighted by Gasteiger charge is 2.25. The van der Waals surface area contributed by atoms with Gasteiger partial charge in [-0.1, -0.05) is 0 Å². The van der Waals surface area contributed by atoms with Crippen LogP contribution in [-0.2, 0) is 11.3 Å². The third kappa shape index (κ3) is 3.20. The second-order valence-electron chi connectivity index (χ2n) is 3.99. The van der Waals surface area contributed by atoms with Gasteiger partial charge in [-0.2, -0.15) is 0 Å². The Kier molecular flexibility index (Phi) is 3.84. The molecule has 1 aromatic rings. The van der Waals surface area contributed by atoms with Gasteiger partial charge in [0, 0.05) is 18.8 Å². The van der Waals surface area contributed by atoms with E-state index in [2.05, 4.69) is 10.3 Å². The fraction of sp³-hybridized carbons (Fsp3) is 0.455. The lowest BCUT2D eigenvalue weighted by Crippen LogP contribution is -2.46. The first-order valence-electron chi connectivity index (χ1n) is 4.93. The molecule has 88 valence electrons. The van der Waals surface area contributed by atoms with E-state index in [0.29, 0.717) is 12.4 Å². The summed E-state index contributed by atoms with van der Waals surface area (Å²) in [4.78, 5) is 14.8. The zero-order valence-electron chi connectivity index (χ0n) is 9.65. The molecule has 1 aromatic heterocycles. The number of methoxy groups -OCH3 is 1. The molecule has 0 aliphatic heterocycles. The lowest BCUT2D eigenvalue weighted by atomic mass is 10.1. The summed E-state index contributed by atoms with van der Waals surface area (Å²) >= 11 is 0. The standard InChI is InChI=1S/C11H16N2O3/c1-11(2,10(14)15)13-7-8-4-5-12-9(6-8)16-3/h4-6,13H,7H2,1-3H3,(H,14,15). The van der Waals surface area contributed by atoms with E-state index >= 15 is 0 Å². The summed E-state index contributed by atoms with van der Waals surface area (Å²) < 4.78 is 4.98. The summed E-state index contributed by atoms with van der Waals surface area (Å²) in [5.41, 5.74) is -0.0163. The SMILES string of the molecule is COc1cc(CNC(C)(C)C(=O)O)ccn1. The van der Waals surface area contributed by atoms with E-state index in [4.69, 9.17) is 9.84 Å². The Hall–Kier alpha value is -1.62. The van der Waals surface area contributed by atoms with E-state index in [9.17, 15) is 4.79 Å². The molecule has 1 rings (SSSR count). The van der Waals surface area contributed by atoms with Crippen LogP contribution in [0.1, 0.15) is 19.4 Å². The molecule has 0 radical (unpaired) electrons. The molecule has 0 saturated carbocycles. The van der Waals surface area contributed by atoms with Crippen LogP contribution in [0.2, 0.25) is 0 Å². The third-order valence-corrected chi connectivity index (χ3v) is 2.28. The minimum Gasteiger partial charge on any atom is -0.481 e. The lowest BCUT2D eigenvalue weighted by molar-refractivity contribution is -0.143. The van der Waals surface area contributed by atoms with Crippen LogP contribution >= 0.6 is 0 Å². The number of aromatic nitrogens is 1. The molecular formula is C11H16N2O3. The number of ether oxygens (including phenoxy) is 1. The molecule has 0 aliphatic carbocycles. The zero-order valence-corrected chi connectivity index (χ0v) is 9.65. The van der Waals surface area contributed by atoms with Crippen molar-refractivity contribution in [3.05, 3.63) is 23.9 Å². The van der Waals surface area contributed by atoms with Gasteiger partial charge in [0.05, 0.1) is 7.11 Å². The number of aliphatic carboxylic acids is 1. The molecule has 0 saturated heterocycles. The van der Waals surface area contributed by atoms with Crippen molar-refractivity contribution in [2.24, 2.45) is 0 Å². The molecule has 0 unspecified atom stereocenters. The minimum absolute atomic E-state index is 0.457. The van der Waals surface area contributed by atoms with E-state index in [1.165, 1.54) is 0 Å². The van der Waals surface area contributed by atoms with E-state index in [1.54, 1.807) is 33.2 Å². The monoisotopic (exact) mass is 224 g/mol. The molecular weight excluding hydrogens is 208 g/mol. The number of nitrogens with one attached hydrogen (secondary N) is 1. The first-order chi connectivity index (χ1) is 7.45. The molecule has 0 bridgehead atoms. The van der Waals surface area contributed by atoms with Gasteiger partial charge in [-0.25, -0.2) is 4.98 Å². The number of carboxylic acid groups (broad SMARTS) is 1. The van der Waals surface area contributed by atoms with Crippen LogP contribution in [-0.4, -0.2) is 28.7 Å². The number of hydrogen-bond acceptors (Lipinski definition) is 4. The maximum Gasteiger partial charge on any atom is 0.323 e. The van der Waals surface area contributed by atoms with Gasteiger partial charge >= 0.3 is 5.97 Å². The van der Waals surface area contributed by atoms with Gasteiger partial charge in [0.1, 0.15) is 5.54 Å². The van der Waals surface area contributed by atoms with Crippen LogP contribution in [0.5, 0.6) is 5.88 Å². The molecule has 5 nitrogen and oxygen atoms in total. The minimum atomic E-state index is -0.948. The molecule has 0 fully saturated rings. The van der Waals surface area contributed by atoms with Crippen molar-refractivity contribution < 1.29 is 14.6 Å². The van der Waals surface area contributed by atoms with Crippen molar-refractivity contribution in [1.29, 1.82) is 0 Å². The van der Waals surface area contributed by atoms with Gasteiger partial charge in [-0.3, -0.25) is 10.1 Å². The molecule has 16 heavy (non-hydrogen) atoms. The highest BCUT2D eigenvalue weighted by atomic mass is 16.5. The molecule has 0 atom stereocenters. The largest absolute Gasteiger partial charge is 0.481 e. The predicted molar refractivity (Wildman–Crippen MR) is 59.3 cm³/mol. The normalized spacial score (nSPS) is 11.2. The highest BCUT2D eigenvalue weighted by Crippen LogP contribution is 2.10. The average Bonchev–Trinajstić information content (AvgIpc) is 2.26. The fourth-order valence-electron chi connectivity index (χ4n) is 1.07. The van der Waals surface area contributed by atoms with Crippen LogP contribution < -0.4 is 10.1 Å². The second kappa shape index (κ2) is 4.94. The van der Waals surface area contributed by atoms with Crippen molar-refractivity contribution in [2.45, 2.75) is 25.9 Å². The summed E-state index contributed by atoms with van der Waals surface area (Å²) in [6.45, 7) is 3.69. The third-order valence-electron chi connectivity index (χ3n) is 2.28. The van der Waals surface area contributed by atoms with Gasteiger partial charge in [0.25, 0.3) is 0 Å². The van der Waals surface area contributed by atoms with Crippen molar-refractivity contribution in [3.63, 3.8) is 0 Å². The summed E-state index contributed by atoms with van der Waals surface area (Å²) in [6.07, 6.45) is 1.63. The second-order valence-corrected chi connectivity index (χ2v) is 3.99. The van der Waals surface area contributed by atoms with E-state index in [0.717, 1.165) is 5.56 Å². The van der Waals surface area contributed by atoms with Crippen LogP contribution in [0.25, 0.3) is 0 Å². The maximum atomic E-state index is 10.9. The van der Waals surface area contributed by atoms with Crippen LogP contribution in [0.4, 0.5) is 0 Å². The van der Waals surface area contributed by atoms with Crippen molar-refractivity contribution in [2.75, 3.05) is 7.11 Å². The molecule has 5 heteroatoms. The summed E-state index contributed by atoms with van der Waals surface area (Å²) in [6, 6.07) is 3.58. The van der Waals surface area contributed by atoms with E-state index in [1.807, 2.05) is 6.07 Å². The Bertz CT molecular complexity index is 377. The quantitative estimate of drug-likeness (QED) is 0.782. The summed E-state index contributed by atoms with van der Waals surface area (Å²) in [7, 11) is 1.54. The summed E-state index contributed by atoms with van der Waals surface area (Å²) in [5.74, 6) is -0.360. The van der Waals surface area contributed by atoms with Gasteiger partial charge in [-0.15, -0.1) is 0 Å². The number of carboxylic acids is 1. The Morgan fingerprint density at radius 1 is 1.62 bits per heavy atom. The van der Waals surface area contributed by atoms with Crippen molar-refractivity contribution in [1.82, 2.24) is 10.3 Å². The van der Waals surface area contributed by atoms with E-state index < -0.39 is 11.5 Å². The smallest absolute Gasteiger partial charge is 0.323 e. The number of carbonyl (C=O) groups is 1. The van der Waals surface area contributed by atoms with Crippen LogP contribution in [0.3, 0.4) is 0 Å². The Morgan fingerprint density at radius 2 is 2.31 bits per heavy atom. The van der Waals surface area contributed by atoms with Crippen LogP contribution in [0.15, 0.2) is 18.3 Å². The van der Waals surface area contributed by atoms with Gasteiger partial charge in [0.15, 0.2) is 0 Å². The Morgan fingerprint density at radius 3 is 2.88 bits per heavy atom. The molecule has 0 amide bonds. The fourth-order valence-corrected chi connectivity index (χ4v) is 1.07. The average molecular weight is 224 g/mol. The molecule has 0 aliphatic rings. The topological polar surface area (TPSA) is 71.5 Å². The van der Waals surface area contributed by atoms with E-state index in [-0.39, 0.29) is 0 Å². The predicted octanol–water partition coefficient (Wildman–Crippen LogP) is 1.04. The number of hydrogen-bond donors (Lipinski definition) is 2. The van der Waals surface area contributed by atoms with Gasteiger partial charge in [0.2, 0.25) is 5.88 Å². The first-order valence-corrected chi connectivity index (χ1v) is 4.93. The Labute approximate surface area is 94.5 Å². The lowest BCUT2D eigenvalue weighted by Gasteiger charge is -2.21. The number of rotatable bonds is 5. The molecule has 0 spiro atoms. The Balaban J connectivity index is 2.64.